The molecule has 0 aromatic heterocycles. The lowest BCUT2D eigenvalue weighted by Gasteiger charge is -1.91. The van der Waals surface area contributed by atoms with Crippen LogP contribution >= 0.6 is 0 Å². The first-order valence-corrected chi connectivity index (χ1v) is 6.02. The molecule has 5 nitrogen and oxygen atoms in total. The quantitative estimate of drug-likeness (QED) is 0.523. The van der Waals surface area contributed by atoms with Crippen molar-refractivity contribution in [2.24, 2.45) is 0 Å². The molecule has 1 aromatic carbocycles. The summed E-state index contributed by atoms with van der Waals surface area (Å²) in [5, 5.41) is 0. The molecule has 1 rings (SSSR count). The van der Waals surface area contributed by atoms with Crippen LogP contribution in [-0.2, 0) is 10.1 Å². The van der Waals surface area contributed by atoms with Gasteiger partial charge < -0.3 is 11.5 Å². The first kappa shape index (κ1) is 13.7. The maximum atomic E-state index is 9.79. The summed E-state index contributed by atoms with van der Waals surface area (Å²) in [6, 6.07) is 7.15. The van der Waals surface area contributed by atoms with Crippen molar-refractivity contribution < 1.29 is 13.0 Å². The minimum Gasteiger partial charge on any atom is -0.399 e. The van der Waals surface area contributed by atoms with Crippen molar-refractivity contribution >= 4 is 21.5 Å². The van der Waals surface area contributed by atoms with Gasteiger partial charge in [-0.2, -0.15) is 8.42 Å². The summed E-state index contributed by atoms with van der Waals surface area (Å²) in [5.41, 5.74) is 12.2. The van der Waals surface area contributed by atoms with Crippen LogP contribution in [0.2, 0.25) is 0 Å². The number of anilines is 2. The van der Waals surface area contributed by atoms with Crippen molar-refractivity contribution in [3.8, 4) is 0 Å². The van der Waals surface area contributed by atoms with Crippen LogP contribution in [-0.4, -0.2) is 18.7 Å². The third kappa shape index (κ3) is 9.04. The predicted octanol–water partition coefficient (Wildman–Crippen LogP) is 1.14. The van der Waals surface area contributed by atoms with E-state index in [-0.39, 0.29) is 5.75 Å². The van der Waals surface area contributed by atoms with Gasteiger partial charge in [-0.25, -0.2) is 0 Å². The van der Waals surface area contributed by atoms with Crippen LogP contribution in [0.1, 0.15) is 13.3 Å². The fourth-order valence-electron chi connectivity index (χ4n) is 0.817. The largest absolute Gasteiger partial charge is 0.399 e. The second kappa shape index (κ2) is 6.26. The first-order valence-electron chi connectivity index (χ1n) is 4.41. The van der Waals surface area contributed by atoms with Crippen LogP contribution in [0.15, 0.2) is 24.3 Å². The SMILES string of the molecule is CCCS(=O)(=O)O.Nc1cccc(N)c1. The Labute approximate surface area is 89.8 Å². The summed E-state index contributed by atoms with van der Waals surface area (Å²) >= 11 is 0. The highest BCUT2D eigenvalue weighted by Crippen LogP contribution is 2.06. The monoisotopic (exact) mass is 232 g/mol. The van der Waals surface area contributed by atoms with Gasteiger partial charge in [-0.05, 0) is 24.6 Å². The van der Waals surface area contributed by atoms with Crippen molar-refractivity contribution in [1.82, 2.24) is 0 Å². The van der Waals surface area contributed by atoms with Crippen molar-refractivity contribution in [2.45, 2.75) is 13.3 Å². The lowest BCUT2D eigenvalue weighted by molar-refractivity contribution is 0.482. The Morgan fingerprint density at radius 1 is 1.27 bits per heavy atom. The molecule has 0 radical (unpaired) electrons. The van der Waals surface area contributed by atoms with Crippen molar-refractivity contribution in [3.05, 3.63) is 24.3 Å². The van der Waals surface area contributed by atoms with Crippen molar-refractivity contribution in [3.63, 3.8) is 0 Å². The highest BCUT2D eigenvalue weighted by molar-refractivity contribution is 7.85. The molecule has 0 unspecified atom stereocenters. The van der Waals surface area contributed by atoms with Gasteiger partial charge in [0.15, 0.2) is 0 Å². The zero-order valence-electron chi connectivity index (χ0n) is 8.55. The molecule has 0 heterocycles. The minimum absolute atomic E-state index is 0.132. The molecule has 0 fully saturated rings. The van der Waals surface area contributed by atoms with Gasteiger partial charge in [0, 0.05) is 11.4 Å². The zero-order valence-corrected chi connectivity index (χ0v) is 9.37. The number of nitrogens with two attached hydrogens (primary N) is 2. The molecule has 0 atom stereocenters. The van der Waals surface area contributed by atoms with E-state index in [0.717, 1.165) is 0 Å². The van der Waals surface area contributed by atoms with Crippen LogP contribution < -0.4 is 11.5 Å². The van der Waals surface area contributed by atoms with Gasteiger partial charge >= 0.3 is 0 Å². The van der Waals surface area contributed by atoms with Crippen LogP contribution in [0.5, 0.6) is 0 Å². The van der Waals surface area contributed by atoms with Crippen LogP contribution in [0.3, 0.4) is 0 Å². The van der Waals surface area contributed by atoms with E-state index in [9.17, 15) is 8.42 Å². The zero-order chi connectivity index (χ0) is 11.9. The summed E-state index contributed by atoms with van der Waals surface area (Å²) in [6.07, 6.45) is 0.471. The summed E-state index contributed by atoms with van der Waals surface area (Å²) < 4.78 is 27.6. The van der Waals surface area contributed by atoms with Gasteiger partial charge in [0.1, 0.15) is 0 Å². The summed E-state index contributed by atoms with van der Waals surface area (Å²) in [4.78, 5) is 0. The number of benzene rings is 1. The van der Waals surface area contributed by atoms with Gasteiger partial charge in [-0.15, -0.1) is 0 Å². The maximum Gasteiger partial charge on any atom is 0.264 e. The summed E-state index contributed by atoms with van der Waals surface area (Å²) in [6.45, 7) is 1.69. The fourth-order valence-corrected chi connectivity index (χ4v) is 1.33. The van der Waals surface area contributed by atoms with E-state index < -0.39 is 10.1 Å². The average molecular weight is 232 g/mol. The Hall–Kier alpha value is -1.27. The Balaban J connectivity index is 0.000000265. The van der Waals surface area contributed by atoms with Gasteiger partial charge in [-0.1, -0.05) is 13.0 Å². The highest BCUT2D eigenvalue weighted by Gasteiger charge is 1.98. The maximum absolute atomic E-state index is 9.79. The predicted molar refractivity (Wildman–Crippen MR) is 62.0 cm³/mol. The second-order valence-electron chi connectivity index (χ2n) is 2.96. The molecule has 0 saturated carbocycles. The molecule has 0 aliphatic carbocycles. The first-order chi connectivity index (χ1) is 6.85. The third-order valence-corrected chi connectivity index (χ3v) is 2.30. The van der Waals surface area contributed by atoms with Crippen LogP contribution in [0, 0.1) is 0 Å². The second-order valence-corrected chi connectivity index (χ2v) is 4.53. The minimum atomic E-state index is -3.67. The van der Waals surface area contributed by atoms with Gasteiger partial charge in [0.25, 0.3) is 10.1 Å². The number of rotatable bonds is 2. The molecule has 0 aliphatic heterocycles. The lowest BCUT2D eigenvalue weighted by atomic mass is 10.3. The van der Waals surface area contributed by atoms with E-state index >= 15 is 0 Å². The molecule has 86 valence electrons. The molecule has 0 amide bonds. The van der Waals surface area contributed by atoms with Gasteiger partial charge in [0.05, 0.1) is 5.75 Å². The normalized spacial score (nSPS) is 10.3. The molecule has 0 saturated heterocycles. The lowest BCUT2D eigenvalue weighted by Crippen LogP contribution is -2.01. The number of hydrogen-bond acceptors (Lipinski definition) is 4. The summed E-state index contributed by atoms with van der Waals surface area (Å²) in [5.74, 6) is -0.132. The molecule has 0 aliphatic rings. The number of hydrogen-bond donors (Lipinski definition) is 3. The molecule has 0 bridgehead atoms. The topological polar surface area (TPSA) is 106 Å². The molecule has 15 heavy (non-hydrogen) atoms. The Bertz CT molecular complexity index is 373. The molecular formula is C9H16N2O3S. The van der Waals surface area contributed by atoms with E-state index in [4.69, 9.17) is 16.0 Å². The van der Waals surface area contributed by atoms with E-state index in [1.165, 1.54) is 0 Å². The average Bonchev–Trinajstić information content (AvgIpc) is 2.01. The molecule has 5 N–H and O–H groups in total. The Kier molecular flexibility index (Phi) is 5.73. The van der Waals surface area contributed by atoms with Crippen molar-refractivity contribution in [2.75, 3.05) is 17.2 Å². The standard InChI is InChI=1S/C6H8N2.C3H8O3S/c7-5-2-1-3-6(8)4-5;1-2-3-7(4,5)6/h1-4H,7-8H2;2-3H2,1H3,(H,4,5,6). The number of nitrogen functional groups attached to an aromatic ring is 2. The molecule has 6 heteroatoms. The Morgan fingerprint density at radius 3 is 1.87 bits per heavy atom. The van der Waals surface area contributed by atoms with Crippen LogP contribution in [0.4, 0.5) is 11.4 Å². The van der Waals surface area contributed by atoms with Gasteiger partial charge in [0.2, 0.25) is 0 Å². The van der Waals surface area contributed by atoms with E-state index in [2.05, 4.69) is 0 Å². The molecular weight excluding hydrogens is 216 g/mol. The van der Waals surface area contributed by atoms with E-state index in [1.807, 2.05) is 6.07 Å². The third-order valence-electron chi connectivity index (χ3n) is 1.37. The van der Waals surface area contributed by atoms with Crippen molar-refractivity contribution in [1.29, 1.82) is 0 Å². The van der Waals surface area contributed by atoms with Crippen LogP contribution in [0.25, 0.3) is 0 Å². The summed E-state index contributed by atoms with van der Waals surface area (Å²) in [7, 11) is -3.67. The van der Waals surface area contributed by atoms with Gasteiger partial charge in [-0.3, -0.25) is 4.55 Å². The molecule has 1 aromatic rings. The smallest absolute Gasteiger partial charge is 0.264 e. The molecule has 0 spiro atoms. The van der Waals surface area contributed by atoms with E-state index in [0.29, 0.717) is 17.8 Å². The fraction of sp³-hybridized carbons (Fsp3) is 0.333. The Morgan fingerprint density at radius 2 is 1.73 bits per heavy atom. The van der Waals surface area contributed by atoms with E-state index in [1.54, 1.807) is 25.1 Å². The highest BCUT2D eigenvalue weighted by atomic mass is 32.2.